The molecule has 0 unspecified atom stereocenters. The Kier molecular flexibility index (Phi) is 7.25. The van der Waals surface area contributed by atoms with Crippen LogP contribution in [-0.4, -0.2) is 23.3 Å². The average Bonchev–Trinajstić information content (AvgIpc) is 2.76. The van der Waals surface area contributed by atoms with Crippen molar-refractivity contribution in [1.82, 2.24) is 0 Å². The van der Waals surface area contributed by atoms with E-state index in [4.69, 9.17) is 9.73 Å². The van der Waals surface area contributed by atoms with Crippen LogP contribution in [0.4, 0.5) is 10.1 Å². The van der Waals surface area contributed by atoms with E-state index in [-0.39, 0.29) is 12.1 Å². The molecule has 0 amide bonds. The standard InChI is InChI=1S/C26H25FN2O3/c1-26(2,3)32-25(30)23(17-20-16-21(27)14-15-22(20)29-31)28-24(18-10-6-4-7-11-18)19-12-8-5-9-13-19/h4-16,23H,17H2,1-3H3/t23-/m0/s1. The highest BCUT2D eigenvalue weighted by Crippen LogP contribution is 2.24. The molecule has 1 atom stereocenters. The highest BCUT2D eigenvalue weighted by molar-refractivity contribution is 6.13. The first kappa shape index (κ1) is 23.0. The number of aliphatic imine (C=N–C) groups is 1. The number of benzene rings is 3. The summed E-state index contributed by atoms with van der Waals surface area (Å²) in [7, 11) is 0. The molecule has 0 N–H and O–H groups in total. The Balaban J connectivity index is 2.12. The number of esters is 1. The first-order chi connectivity index (χ1) is 15.3. The first-order valence-electron chi connectivity index (χ1n) is 10.3. The second-order valence-electron chi connectivity index (χ2n) is 8.33. The number of halogens is 1. The monoisotopic (exact) mass is 432 g/mol. The van der Waals surface area contributed by atoms with Gasteiger partial charge in [-0.15, -0.1) is 4.91 Å². The van der Waals surface area contributed by atoms with Gasteiger partial charge >= 0.3 is 5.97 Å². The lowest BCUT2D eigenvalue weighted by Crippen LogP contribution is -2.33. The summed E-state index contributed by atoms with van der Waals surface area (Å²) in [6, 6.07) is 21.6. The highest BCUT2D eigenvalue weighted by Gasteiger charge is 2.27. The molecule has 6 heteroatoms. The number of carbonyl (C=O) groups is 1. The molecule has 3 aromatic rings. The summed E-state index contributed by atoms with van der Waals surface area (Å²) in [5.74, 6) is -1.09. The second-order valence-corrected chi connectivity index (χ2v) is 8.33. The molecule has 0 bridgehead atoms. The van der Waals surface area contributed by atoms with Crippen LogP contribution < -0.4 is 0 Å². The number of carbonyl (C=O) groups excluding carboxylic acids is 1. The smallest absolute Gasteiger partial charge is 0.331 e. The Morgan fingerprint density at radius 2 is 1.50 bits per heavy atom. The van der Waals surface area contributed by atoms with Crippen LogP contribution in [0.1, 0.15) is 37.5 Å². The number of ether oxygens (including phenoxy) is 1. The third kappa shape index (κ3) is 6.17. The summed E-state index contributed by atoms with van der Waals surface area (Å²) in [5.41, 5.74) is 1.86. The van der Waals surface area contributed by atoms with E-state index in [9.17, 15) is 14.1 Å². The molecule has 0 spiro atoms. The zero-order chi connectivity index (χ0) is 23.1. The summed E-state index contributed by atoms with van der Waals surface area (Å²) < 4.78 is 19.5. The maximum Gasteiger partial charge on any atom is 0.331 e. The molecule has 3 rings (SSSR count). The van der Waals surface area contributed by atoms with Gasteiger partial charge in [0.05, 0.1) is 5.71 Å². The van der Waals surface area contributed by atoms with Crippen LogP contribution in [0.2, 0.25) is 0 Å². The maximum atomic E-state index is 13.9. The summed E-state index contributed by atoms with van der Waals surface area (Å²) in [6.45, 7) is 5.30. The van der Waals surface area contributed by atoms with Crippen LogP contribution in [0.25, 0.3) is 0 Å². The molecular formula is C26H25FN2O3. The molecule has 0 aliphatic heterocycles. The van der Waals surface area contributed by atoms with Gasteiger partial charge in [0.15, 0.2) is 6.04 Å². The number of rotatable bonds is 7. The van der Waals surface area contributed by atoms with Crippen molar-refractivity contribution in [3.63, 3.8) is 0 Å². The van der Waals surface area contributed by atoms with Gasteiger partial charge in [-0.3, -0.25) is 4.99 Å². The normalized spacial score (nSPS) is 12.0. The fourth-order valence-electron chi connectivity index (χ4n) is 3.23. The largest absolute Gasteiger partial charge is 0.458 e. The van der Waals surface area contributed by atoms with E-state index >= 15 is 0 Å². The number of nitroso groups, excluding NO2 is 1. The highest BCUT2D eigenvalue weighted by atomic mass is 19.1. The Labute approximate surface area is 186 Å². The molecule has 0 aliphatic rings. The zero-order valence-electron chi connectivity index (χ0n) is 18.3. The molecule has 0 aliphatic carbocycles. The minimum Gasteiger partial charge on any atom is -0.458 e. The zero-order valence-corrected chi connectivity index (χ0v) is 18.3. The lowest BCUT2D eigenvalue weighted by molar-refractivity contribution is -0.156. The van der Waals surface area contributed by atoms with Crippen LogP contribution in [0.3, 0.4) is 0 Å². The lowest BCUT2D eigenvalue weighted by atomic mass is 10.00. The molecule has 3 aromatic carbocycles. The molecule has 0 fully saturated rings. The molecule has 0 aromatic heterocycles. The SMILES string of the molecule is CC(C)(C)OC(=O)[C@H](Cc1cc(F)ccc1N=O)N=C(c1ccccc1)c1ccccc1. The van der Waals surface area contributed by atoms with Crippen molar-refractivity contribution < 1.29 is 13.9 Å². The molecule has 5 nitrogen and oxygen atoms in total. The van der Waals surface area contributed by atoms with Crippen LogP contribution in [-0.2, 0) is 16.0 Å². The van der Waals surface area contributed by atoms with Crippen LogP contribution in [0.5, 0.6) is 0 Å². The van der Waals surface area contributed by atoms with Gasteiger partial charge in [-0.05, 0) is 49.7 Å². The van der Waals surface area contributed by atoms with Crippen molar-refractivity contribution in [3.8, 4) is 0 Å². The topological polar surface area (TPSA) is 68.1 Å². The number of hydrogen-bond donors (Lipinski definition) is 0. The van der Waals surface area contributed by atoms with E-state index in [1.165, 1.54) is 12.1 Å². The first-order valence-corrected chi connectivity index (χ1v) is 10.3. The van der Waals surface area contributed by atoms with Gasteiger partial charge in [0, 0.05) is 17.5 Å². The van der Waals surface area contributed by atoms with Crippen molar-refractivity contribution >= 4 is 17.4 Å². The Hall–Kier alpha value is -3.67. The van der Waals surface area contributed by atoms with Gasteiger partial charge in [-0.25, -0.2) is 9.18 Å². The van der Waals surface area contributed by atoms with Gasteiger partial charge in [-0.2, -0.15) is 0 Å². The van der Waals surface area contributed by atoms with Gasteiger partial charge in [-0.1, -0.05) is 60.7 Å². The van der Waals surface area contributed by atoms with Gasteiger partial charge in [0.25, 0.3) is 0 Å². The maximum absolute atomic E-state index is 13.9. The minimum absolute atomic E-state index is 0.0308. The third-order valence-corrected chi connectivity index (χ3v) is 4.61. The van der Waals surface area contributed by atoms with Crippen molar-refractivity contribution in [1.29, 1.82) is 0 Å². The lowest BCUT2D eigenvalue weighted by Gasteiger charge is -2.23. The quantitative estimate of drug-likeness (QED) is 0.261. The molecule has 0 saturated heterocycles. The Bertz CT molecular complexity index is 1070. The van der Waals surface area contributed by atoms with E-state index in [0.29, 0.717) is 11.3 Å². The van der Waals surface area contributed by atoms with E-state index in [0.717, 1.165) is 17.2 Å². The second kappa shape index (κ2) is 10.1. The van der Waals surface area contributed by atoms with Gasteiger partial charge < -0.3 is 4.74 Å². The van der Waals surface area contributed by atoms with Gasteiger partial charge in [0.2, 0.25) is 0 Å². The average molecular weight is 432 g/mol. The van der Waals surface area contributed by atoms with E-state index in [1.807, 2.05) is 60.7 Å². The predicted octanol–water partition coefficient (Wildman–Crippen LogP) is 6.01. The fourth-order valence-corrected chi connectivity index (χ4v) is 3.23. The summed E-state index contributed by atoms with van der Waals surface area (Å²) >= 11 is 0. The van der Waals surface area contributed by atoms with E-state index in [1.54, 1.807) is 20.8 Å². The summed E-state index contributed by atoms with van der Waals surface area (Å²) in [5, 5.41) is 2.98. The summed E-state index contributed by atoms with van der Waals surface area (Å²) in [6.07, 6.45) is -0.0308. The van der Waals surface area contributed by atoms with Crippen LogP contribution in [0, 0.1) is 10.7 Å². The predicted molar refractivity (Wildman–Crippen MR) is 124 cm³/mol. The molecule has 0 heterocycles. The fraction of sp³-hybridized carbons (Fsp3) is 0.231. The molecule has 0 saturated carbocycles. The Morgan fingerprint density at radius 3 is 2.00 bits per heavy atom. The van der Waals surface area contributed by atoms with Crippen LogP contribution in [0.15, 0.2) is 89.0 Å². The molecular weight excluding hydrogens is 407 g/mol. The molecule has 164 valence electrons. The number of nitrogens with zero attached hydrogens (tertiary/aromatic N) is 2. The van der Waals surface area contributed by atoms with Crippen molar-refractivity contribution in [2.45, 2.75) is 38.8 Å². The minimum atomic E-state index is -1.01. The third-order valence-electron chi connectivity index (χ3n) is 4.61. The van der Waals surface area contributed by atoms with Crippen molar-refractivity contribution in [2.75, 3.05) is 0 Å². The Morgan fingerprint density at radius 1 is 0.938 bits per heavy atom. The molecule has 0 radical (unpaired) electrons. The van der Waals surface area contributed by atoms with Crippen LogP contribution >= 0.6 is 0 Å². The van der Waals surface area contributed by atoms with Crippen molar-refractivity contribution in [2.24, 2.45) is 10.2 Å². The van der Waals surface area contributed by atoms with Crippen molar-refractivity contribution in [3.05, 3.63) is 106 Å². The van der Waals surface area contributed by atoms with Gasteiger partial charge in [0.1, 0.15) is 17.1 Å². The van der Waals surface area contributed by atoms with E-state index in [2.05, 4.69) is 5.18 Å². The molecule has 32 heavy (non-hydrogen) atoms. The number of hydrogen-bond acceptors (Lipinski definition) is 5. The summed E-state index contributed by atoms with van der Waals surface area (Å²) in [4.78, 5) is 29.2. The van der Waals surface area contributed by atoms with E-state index < -0.39 is 23.4 Å².